The molecule has 0 saturated carbocycles. The van der Waals surface area contributed by atoms with Crippen LogP contribution in [-0.2, 0) is 14.3 Å². The highest BCUT2D eigenvalue weighted by Crippen LogP contribution is 2.20. The van der Waals surface area contributed by atoms with Crippen molar-refractivity contribution in [2.24, 2.45) is 5.92 Å². The van der Waals surface area contributed by atoms with Crippen LogP contribution in [0.5, 0.6) is 0 Å². The molecule has 1 fully saturated rings. The van der Waals surface area contributed by atoms with Crippen molar-refractivity contribution in [2.45, 2.75) is 32.7 Å². The highest BCUT2D eigenvalue weighted by atomic mass is 79.9. The average Bonchev–Trinajstić information content (AvgIpc) is 2.71. The van der Waals surface area contributed by atoms with Gasteiger partial charge in [0.1, 0.15) is 0 Å². The molecule has 1 unspecified atom stereocenters. The molecule has 1 heterocycles. The number of hydrogen-bond acceptors (Lipinski definition) is 5. The SMILES string of the molecule is CCC(CC)C(CNC(=O)CSCC(=O)Nc1cccc(Br)c1)N1CCOCC1. The Balaban J connectivity index is 1.73. The van der Waals surface area contributed by atoms with Crippen LogP contribution in [0.3, 0.4) is 0 Å². The van der Waals surface area contributed by atoms with Gasteiger partial charge in [-0.15, -0.1) is 11.8 Å². The molecule has 1 aromatic rings. The minimum Gasteiger partial charge on any atom is -0.379 e. The van der Waals surface area contributed by atoms with E-state index in [4.69, 9.17) is 4.74 Å². The maximum Gasteiger partial charge on any atom is 0.234 e. The molecule has 6 nitrogen and oxygen atoms in total. The van der Waals surface area contributed by atoms with Gasteiger partial charge in [-0.2, -0.15) is 0 Å². The van der Waals surface area contributed by atoms with Crippen molar-refractivity contribution >= 4 is 45.2 Å². The van der Waals surface area contributed by atoms with Gasteiger partial charge in [0.15, 0.2) is 0 Å². The van der Waals surface area contributed by atoms with Crippen LogP contribution in [0.2, 0.25) is 0 Å². The molecule has 2 N–H and O–H groups in total. The van der Waals surface area contributed by atoms with E-state index in [1.54, 1.807) is 0 Å². The number of carbonyl (C=O) groups is 2. The second-order valence-corrected chi connectivity index (χ2v) is 9.05. The second kappa shape index (κ2) is 13.3. The lowest BCUT2D eigenvalue weighted by Crippen LogP contribution is -2.52. The van der Waals surface area contributed by atoms with E-state index in [2.05, 4.69) is 45.3 Å². The number of rotatable bonds is 11. The van der Waals surface area contributed by atoms with Gasteiger partial charge in [0, 0.05) is 35.8 Å². The summed E-state index contributed by atoms with van der Waals surface area (Å²) in [7, 11) is 0. The first-order valence-electron chi connectivity index (χ1n) is 10.2. The number of ether oxygens (including phenoxy) is 1. The third kappa shape index (κ3) is 8.66. The molecule has 0 aromatic heterocycles. The first kappa shape index (κ1) is 24.2. The summed E-state index contributed by atoms with van der Waals surface area (Å²) in [5.74, 6) is 0.958. The summed E-state index contributed by atoms with van der Waals surface area (Å²) < 4.78 is 6.39. The van der Waals surface area contributed by atoms with E-state index in [1.165, 1.54) is 11.8 Å². The first-order chi connectivity index (χ1) is 14.0. The number of benzene rings is 1. The van der Waals surface area contributed by atoms with Crippen LogP contribution in [-0.4, -0.2) is 67.1 Å². The summed E-state index contributed by atoms with van der Waals surface area (Å²) in [6.45, 7) is 8.42. The smallest absolute Gasteiger partial charge is 0.234 e. The van der Waals surface area contributed by atoms with Crippen molar-refractivity contribution < 1.29 is 14.3 Å². The predicted octanol–water partition coefficient (Wildman–Crippen LogP) is 3.37. The lowest BCUT2D eigenvalue weighted by Gasteiger charge is -2.38. The van der Waals surface area contributed by atoms with Gasteiger partial charge >= 0.3 is 0 Å². The van der Waals surface area contributed by atoms with E-state index < -0.39 is 0 Å². The van der Waals surface area contributed by atoms with Crippen LogP contribution >= 0.6 is 27.7 Å². The van der Waals surface area contributed by atoms with Gasteiger partial charge < -0.3 is 15.4 Å². The zero-order chi connectivity index (χ0) is 21.1. The molecular formula is C21H32BrN3O3S. The number of nitrogens with zero attached hydrogens (tertiary/aromatic N) is 1. The molecule has 1 aliphatic heterocycles. The molecule has 162 valence electrons. The maximum absolute atomic E-state index is 12.3. The quantitative estimate of drug-likeness (QED) is 0.502. The highest BCUT2D eigenvalue weighted by Gasteiger charge is 2.27. The molecule has 0 bridgehead atoms. The van der Waals surface area contributed by atoms with E-state index in [1.807, 2.05) is 24.3 Å². The molecule has 2 amide bonds. The fourth-order valence-corrected chi connectivity index (χ4v) is 4.65. The zero-order valence-electron chi connectivity index (χ0n) is 17.3. The fourth-order valence-electron chi connectivity index (χ4n) is 3.61. The number of halogens is 1. The minimum atomic E-state index is -0.107. The monoisotopic (exact) mass is 485 g/mol. The molecule has 0 spiro atoms. The van der Waals surface area contributed by atoms with Crippen LogP contribution in [0.25, 0.3) is 0 Å². The Labute approximate surface area is 186 Å². The van der Waals surface area contributed by atoms with Crippen molar-refractivity contribution in [2.75, 3.05) is 49.7 Å². The highest BCUT2D eigenvalue weighted by molar-refractivity contribution is 9.10. The van der Waals surface area contributed by atoms with Gasteiger partial charge in [-0.3, -0.25) is 14.5 Å². The average molecular weight is 486 g/mol. The van der Waals surface area contributed by atoms with Crippen LogP contribution in [0, 0.1) is 5.92 Å². The maximum atomic E-state index is 12.3. The molecule has 1 atom stereocenters. The number of amides is 2. The topological polar surface area (TPSA) is 70.7 Å². The Bertz CT molecular complexity index is 652. The standard InChI is InChI=1S/C21H32BrN3O3S/c1-3-16(4-2)19(25-8-10-28-11-9-25)13-23-20(26)14-29-15-21(27)24-18-7-5-6-17(22)12-18/h5-7,12,16,19H,3-4,8-11,13-15H2,1-2H3,(H,23,26)(H,24,27). The molecule has 1 saturated heterocycles. The third-order valence-corrected chi connectivity index (χ3v) is 6.62. The Hall–Kier alpha value is -1.09. The molecule has 1 aliphatic rings. The number of nitrogens with one attached hydrogen (secondary N) is 2. The number of carbonyl (C=O) groups excluding carboxylic acids is 2. The van der Waals surface area contributed by atoms with Crippen molar-refractivity contribution in [3.8, 4) is 0 Å². The lowest BCUT2D eigenvalue weighted by atomic mass is 9.92. The number of morpholine rings is 1. The normalized spacial score (nSPS) is 15.9. The summed E-state index contributed by atoms with van der Waals surface area (Å²) in [5.41, 5.74) is 0.743. The molecule has 0 aliphatic carbocycles. The molecule has 29 heavy (non-hydrogen) atoms. The van der Waals surface area contributed by atoms with Gasteiger partial charge in [-0.05, 0) is 24.1 Å². The van der Waals surface area contributed by atoms with Crippen molar-refractivity contribution in [1.82, 2.24) is 10.2 Å². The van der Waals surface area contributed by atoms with Crippen LogP contribution in [0.15, 0.2) is 28.7 Å². The zero-order valence-corrected chi connectivity index (χ0v) is 19.7. The Kier molecular flexibility index (Phi) is 11.1. The summed E-state index contributed by atoms with van der Waals surface area (Å²) >= 11 is 4.71. The lowest BCUT2D eigenvalue weighted by molar-refractivity contribution is -0.119. The van der Waals surface area contributed by atoms with E-state index >= 15 is 0 Å². The van der Waals surface area contributed by atoms with Gasteiger partial charge in [0.2, 0.25) is 11.8 Å². The molecule has 2 rings (SSSR count). The van der Waals surface area contributed by atoms with Crippen molar-refractivity contribution in [1.29, 1.82) is 0 Å². The first-order valence-corrected chi connectivity index (χ1v) is 12.2. The van der Waals surface area contributed by atoms with Crippen molar-refractivity contribution in [3.63, 3.8) is 0 Å². The van der Waals surface area contributed by atoms with Gasteiger partial charge in [-0.25, -0.2) is 0 Å². The molecular weight excluding hydrogens is 454 g/mol. The molecule has 8 heteroatoms. The summed E-state index contributed by atoms with van der Waals surface area (Å²) in [6.07, 6.45) is 2.19. The Morgan fingerprint density at radius 1 is 1.17 bits per heavy atom. The van der Waals surface area contributed by atoms with Gasteiger partial charge in [-0.1, -0.05) is 48.7 Å². The number of hydrogen-bond donors (Lipinski definition) is 2. The van der Waals surface area contributed by atoms with E-state index in [9.17, 15) is 9.59 Å². The van der Waals surface area contributed by atoms with E-state index in [0.717, 1.165) is 49.3 Å². The predicted molar refractivity (Wildman–Crippen MR) is 123 cm³/mol. The number of anilines is 1. The molecule has 0 radical (unpaired) electrons. The summed E-state index contributed by atoms with van der Waals surface area (Å²) in [4.78, 5) is 26.8. The Morgan fingerprint density at radius 2 is 1.86 bits per heavy atom. The molecule has 1 aromatic carbocycles. The summed E-state index contributed by atoms with van der Waals surface area (Å²) in [6, 6.07) is 7.79. The third-order valence-electron chi connectivity index (χ3n) is 5.19. The van der Waals surface area contributed by atoms with E-state index in [-0.39, 0.29) is 23.3 Å². The number of thioether (sulfide) groups is 1. The summed E-state index contributed by atoms with van der Waals surface area (Å²) in [5, 5.41) is 5.92. The van der Waals surface area contributed by atoms with Crippen LogP contribution < -0.4 is 10.6 Å². The van der Waals surface area contributed by atoms with Crippen LogP contribution in [0.4, 0.5) is 5.69 Å². The largest absolute Gasteiger partial charge is 0.379 e. The van der Waals surface area contributed by atoms with Crippen molar-refractivity contribution in [3.05, 3.63) is 28.7 Å². The van der Waals surface area contributed by atoms with Crippen LogP contribution in [0.1, 0.15) is 26.7 Å². The van der Waals surface area contributed by atoms with Gasteiger partial charge in [0.05, 0.1) is 24.7 Å². The Morgan fingerprint density at radius 3 is 2.52 bits per heavy atom. The second-order valence-electron chi connectivity index (χ2n) is 7.15. The minimum absolute atomic E-state index is 0.0190. The van der Waals surface area contributed by atoms with Gasteiger partial charge in [0.25, 0.3) is 0 Å². The fraction of sp³-hybridized carbons (Fsp3) is 0.619. The van der Waals surface area contributed by atoms with E-state index in [0.29, 0.717) is 18.5 Å².